The van der Waals surface area contributed by atoms with Gasteiger partial charge in [0.05, 0.1) is 6.10 Å². The van der Waals surface area contributed by atoms with Gasteiger partial charge in [0.2, 0.25) is 0 Å². The summed E-state index contributed by atoms with van der Waals surface area (Å²) in [7, 11) is 0. The zero-order chi connectivity index (χ0) is 13.1. The molecule has 2 N–H and O–H groups in total. The summed E-state index contributed by atoms with van der Waals surface area (Å²) in [5.41, 5.74) is 1.96. The molecular formula is C15H16O3. The van der Waals surface area contributed by atoms with Gasteiger partial charge in [-0.25, -0.2) is 0 Å². The number of aliphatic hydroxyl groups excluding tert-OH is 1. The second kappa shape index (κ2) is 5.19. The number of hydrogen-bond acceptors (Lipinski definition) is 2. The molecule has 2 aromatic carbocycles. The first kappa shape index (κ1) is 12.6. The molecule has 3 nitrogen and oxygen atoms in total. The Morgan fingerprint density at radius 3 is 2.50 bits per heavy atom. The first-order chi connectivity index (χ1) is 8.59. The summed E-state index contributed by atoms with van der Waals surface area (Å²) < 4.78 is 0. The summed E-state index contributed by atoms with van der Waals surface area (Å²) in [6, 6.07) is 11.7. The van der Waals surface area contributed by atoms with E-state index in [4.69, 9.17) is 5.11 Å². The van der Waals surface area contributed by atoms with Crippen molar-refractivity contribution in [1.29, 1.82) is 0 Å². The van der Waals surface area contributed by atoms with E-state index in [1.54, 1.807) is 0 Å². The Bertz CT molecular complexity index is 575. The molecule has 1 atom stereocenters. The van der Waals surface area contributed by atoms with Gasteiger partial charge in [-0.2, -0.15) is 0 Å². The van der Waals surface area contributed by atoms with Crippen molar-refractivity contribution < 1.29 is 15.0 Å². The normalized spacial score (nSPS) is 12.6. The Hall–Kier alpha value is -1.87. The van der Waals surface area contributed by atoms with E-state index in [9.17, 15) is 9.90 Å². The third-order valence-corrected chi connectivity index (χ3v) is 3.17. The van der Waals surface area contributed by atoms with Crippen LogP contribution in [-0.4, -0.2) is 16.2 Å². The first-order valence-corrected chi connectivity index (χ1v) is 5.97. The smallest absolute Gasteiger partial charge is 0.303 e. The number of rotatable bonds is 4. The van der Waals surface area contributed by atoms with Crippen molar-refractivity contribution in [1.82, 2.24) is 0 Å². The standard InChI is InChI=1S/C15H16O3/c1-10-6-7-13(14(16)8-9-15(17)18)12-5-3-2-4-11(10)12/h2-7,14,16H,8-9H2,1H3,(H,17,18)/t14-/m1/s1. The van der Waals surface area contributed by atoms with Gasteiger partial charge < -0.3 is 10.2 Å². The molecule has 0 amide bonds. The van der Waals surface area contributed by atoms with Gasteiger partial charge in [0.1, 0.15) is 0 Å². The summed E-state index contributed by atoms with van der Waals surface area (Å²) in [4.78, 5) is 10.5. The lowest BCUT2D eigenvalue weighted by Gasteiger charge is -2.14. The second-order valence-electron chi connectivity index (χ2n) is 4.47. The molecule has 3 heteroatoms. The van der Waals surface area contributed by atoms with Crippen molar-refractivity contribution in [3.63, 3.8) is 0 Å². The van der Waals surface area contributed by atoms with E-state index in [1.807, 2.05) is 43.3 Å². The van der Waals surface area contributed by atoms with Gasteiger partial charge in [0.25, 0.3) is 0 Å². The number of aliphatic hydroxyl groups is 1. The highest BCUT2D eigenvalue weighted by Gasteiger charge is 2.13. The molecule has 0 aliphatic rings. The van der Waals surface area contributed by atoms with E-state index >= 15 is 0 Å². The first-order valence-electron chi connectivity index (χ1n) is 5.97. The van der Waals surface area contributed by atoms with Crippen LogP contribution >= 0.6 is 0 Å². The molecule has 18 heavy (non-hydrogen) atoms. The van der Waals surface area contributed by atoms with Crippen LogP contribution in [0.4, 0.5) is 0 Å². The zero-order valence-corrected chi connectivity index (χ0v) is 10.3. The molecule has 0 unspecified atom stereocenters. The molecule has 0 aliphatic carbocycles. The Morgan fingerprint density at radius 2 is 1.83 bits per heavy atom. The van der Waals surface area contributed by atoms with Crippen LogP contribution in [0.25, 0.3) is 10.8 Å². The number of fused-ring (bicyclic) bond motifs is 1. The van der Waals surface area contributed by atoms with Crippen molar-refractivity contribution in [3.8, 4) is 0 Å². The van der Waals surface area contributed by atoms with Crippen molar-refractivity contribution in [2.24, 2.45) is 0 Å². The predicted molar refractivity (Wildman–Crippen MR) is 70.5 cm³/mol. The van der Waals surface area contributed by atoms with Gasteiger partial charge in [-0.1, -0.05) is 36.4 Å². The zero-order valence-electron chi connectivity index (χ0n) is 10.3. The van der Waals surface area contributed by atoms with Gasteiger partial charge in [-0.3, -0.25) is 4.79 Å². The summed E-state index contributed by atoms with van der Waals surface area (Å²) in [6.45, 7) is 2.02. The lowest BCUT2D eigenvalue weighted by atomic mass is 9.95. The van der Waals surface area contributed by atoms with Crippen LogP contribution in [0.5, 0.6) is 0 Å². The Morgan fingerprint density at radius 1 is 1.17 bits per heavy atom. The average molecular weight is 244 g/mol. The van der Waals surface area contributed by atoms with Crippen LogP contribution in [0.15, 0.2) is 36.4 Å². The highest BCUT2D eigenvalue weighted by Crippen LogP contribution is 2.28. The number of benzene rings is 2. The third kappa shape index (κ3) is 2.51. The minimum atomic E-state index is -0.884. The Kier molecular flexibility index (Phi) is 3.63. The molecule has 2 rings (SSSR count). The Balaban J connectivity index is 2.39. The van der Waals surface area contributed by atoms with E-state index in [0.717, 1.165) is 21.9 Å². The molecule has 0 radical (unpaired) electrons. The highest BCUT2D eigenvalue weighted by molar-refractivity contribution is 5.88. The maximum atomic E-state index is 10.5. The van der Waals surface area contributed by atoms with Crippen molar-refractivity contribution in [3.05, 3.63) is 47.5 Å². The molecule has 0 aliphatic heterocycles. The minimum absolute atomic E-state index is 0.0244. The number of carboxylic acid groups (broad SMARTS) is 1. The van der Waals surface area contributed by atoms with Gasteiger partial charge in [0.15, 0.2) is 0 Å². The minimum Gasteiger partial charge on any atom is -0.481 e. The fourth-order valence-corrected chi connectivity index (χ4v) is 2.18. The molecule has 94 valence electrons. The molecule has 0 heterocycles. The SMILES string of the molecule is Cc1ccc([C@H](O)CCC(=O)O)c2ccccc12. The highest BCUT2D eigenvalue weighted by atomic mass is 16.4. The predicted octanol–water partition coefficient (Wildman–Crippen LogP) is 3.05. The third-order valence-electron chi connectivity index (χ3n) is 3.17. The largest absolute Gasteiger partial charge is 0.481 e. The number of carboxylic acids is 1. The number of aryl methyl sites for hydroxylation is 1. The number of hydrogen-bond donors (Lipinski definition) is 2. The second-order valence-corrected chi connectivity index (χ2v) is 4.47. The van der Waals surface area contributed by atoms with Crippen LogP contribution in [0, 0.1) is 6.92 Å². The summed E-state index contributed by atoms with van der Waals surface area (Å²) >= 11 is 0. The van der Waals surface area contributed by atoms with Crippen molar-refractivity contribution in [2.75, 3.05) is 0 Å². The molecular weight excluding hydrogens is 228 g/mol. The fourth-order valence-electron chi connectivity index (χ4n) is 2.18. The Labute approximate surface area is 106 Å². The topological polar surface area (TPSA) is 57.5 Å². The number of aliphatic carboxylic acids is 1. The fraction of sp³-hybridized carbons (Fsp3) is 0.267. The summed E-state index contributed by atoms with van der Waals surface area (Å²) in [5, 5.41) is 20.8. The maximum Gasteiger partial charge on any atom is 0.303 e. The van der Waals surface area contributed by atoms with E-state index in [-0.39, 0.29) is 12.8 Å². The van der Waals surface area contributed by atoms with Crippen LogP contribution in [0.2, 0.25) is 0 Å². The van der Waals surface area contributed by atoms with Gasteiger partial charge in [0, 0.05) is 6.42 Å². The molecule has 0 saturated heterocycles. The van der Waals surface area contributed by atoms with E-state index in [1.165, 1.54) is 0 Å². The van der Waals surface area contributed by atoms with Crippen LogP contribution < -0.4 is 0 Å². The lowest BCUT2D eigenvalue weighted by Crippen LogP contribution is -2.03. The molecule has 0 fully saturated rings. The van der Waals surface area contributed by atoms with E-state index in [2.05, 4.69) is 0 Å². The maximum absolute atomic E-state index is 10.5. The molecule has 2 aromatic rings. The van der Waals surface area contributed by atoms with Crippen molar-refractivity contribution >= 4 is 16.7 Å². The quantitative estimate of drug-likeness (QED) is 0.869. The lowest BCUT2D eigenvalue weighted by molar-refractivity contribution is -0.137. The molecule has 0 aromatic heterocycles. The van der Waals surface area contributed by atoms with E-state index in [0.29, 0.717) is 0 Å². The molecule has 0 spiro atoms. The molecule has 0 bridgehead atoms. The average Bonchev–Trinajstić information content (AvgIpc) is 2.37. The van der Waals surface area contributed by atoms with Crippen molar-refractivity contribution in [2.45, 2.75) is 25.9 Å². The summed E-state index contributed by atoms with van der Waals surface area (Å²) in [6.07, 6.45) is -0.516. The summed E-state index contributed by atoms with van der Waals surface area (Å²) in [5.74, 6) is -0.884. The van der Waals surface area contributed by atoms with Crippen LogP contribution in [0.1, 0.15) is 30.1 Å². The van der Waals surface area contributed by atoms with Gasteiger partial charge >= 0.3 is 5.97 Å². The van der Waals surface area contributed by atoms with Gasteiger partial charge in [-0.15, -0.1) is 0 Å². The van der Waals surface area contributed by atoms with Gasteiger partial charge in [-0.05, 0) is 35.2 Å². The van der Waals surface area contributed by atoms with Crippen LogP contribution in [-0.2, 0) is 4.79 Å². The van der Waals surface area contributed by atoms with Crippen LogP contribution in [0.3, 0.4) is 0 Å². The monoisotopic (exact) mass is 244 g/mol. The van der Waals surface area contributed by atoms with E-state index < -0.39 is 12.1 Å². The number of carbonyl (C=O) groups is 1. The molecule has 0 saturated carbocycles.